The normalized spacial score (nSPS) is 15.8. The number of nitrogens with zero attached hydrogens (tertiary/aromatic N) is 1. The van der Waals surface area contributed by atoms with Crippen LogP contribution < -0.4 is 0 Å². The van der Waals surface area contributed by atoms with Crippen molar-refractivity contribution in [2.45, 2.75) is 61.8 Å². The van der Waals surface area contributed by atoms with Gasteiger partial charge in [-0.15, -0.1) is 0 Å². The Bertz CT molecular complexity index is 559. The molecule has 0 fully saturated rings. The van der Waals surface area contributed by atoms with E-state index in [-0.39, 0.29) is 0 Å². The van der Waals surface area contributed by atoms with Crippen molar-refractivity contribution >= 4 is 11.8 Å². The Labute approximate surface area is 157 Å². The third-order valence-corrected chi connectivity index (χ3v) is 3.80. The zero-order valence-electron chi connectivity index (χ0n) is 17.9. The molecule has 1 heteroatoms. The first-order chi connectivity index (χ1) is 12.1. The van der Waals surface area contributed by atoms with Crippen molar-refractivity contribution < 1.29 is 0 Å². The fourth-order valence-electron chi connectivity index (χ4n) is 2.19. The smallest absolute Gasteiger partial charge is 0.0284 e. The summed E-state index contributed by atoms with van der Waals surface area (Å²) in [6.45, 7) is 16.6. The molecule has 0 bridgehead atoms. The first-order valence-electron chi connectivity index (χ1n) is 9.58. The summed E-state index contributed by atoms with van der Waals surface area (Å²) in [7, 11) is 1.79. The average molecular weight is 342 g/mol. The van der Waals surface area contributed by atoms with Crippen LogP contribution in [0.15, 0.2) is 59.1 Å². The van der Waals surface area contributed by atoms with Gasteiger partial charge in [-0.1, -0.05) is 88.8 Å². The van der Waals surface area contributed by atoms with Gasteiger partial charge in [0.2, 0.25) is 0 Å². The minimum Gasteiger partial charge on any atom is -0.296 e. The first kappa shape index (κ1) is 25.4. The number of aryl methyl sites for hydroxylation is 1. The van der Waals surface area contributed by atoms with Crippen LogP contribution in [0.2, 0.25) is 0 Å². The third kappa shape index (κ3) is 10.6. The van der Waals surface area contributed by atoms with Gasteiger partial charge in [0.15, 0.2) is 0 Å². The van der Waals surface area contributed by atoms with E-state index in [4.69, 9.17) is 0 Å². The van der Waals surface area contributed by atoms with Gasteiger partial charge in [-0.3, -0.25) is 4.99 Å². The van der Waals surface area contributed by atoms with Gasteiger partial charge < -0.3 is 0 Å². The Balaban J connectivity index is 0. The predicted molar refractivity (Wildman–Crippen MR) is 119 cm³/mol. The Morgan fingerprint density at radius 2 is 1.68 bits per heavy atom. The number of benzene rings is 1. The molecule has 1 aliphatic carbocycles. The molecule has 1 atom stereocenters. The molecule has 1 aliphatic rings. The Morgan fingerprint density at radius 3 is 2.08 bits per heavy atom. The summed E-state index contributed by atoms with van der Waals surface area (Å²) in [5.74, 6) is 0.778. The second-order valence-electron chi connectivity index (χ2n) is 5.42. The zero-order valence-corrected chi connectivity index (χ0v) is 17.9. The molecule has 140 valence electrons. The van der Waals surface area contributed by atoms with Gasteiger partial charge in [0.1, 0.15) is 0 Å². The molecule has 1 nitrogen and oxygen atoms in total. The molecular formula is C24H39N. The number of allylic oxidation sites excluding steroid dienone is 6. The van der Waals surface area contributed by atoms with E-state index in [2.05, 4.69) is 74.3 Å². The number of aliphatic imine (C=N–C) groups is 1. The van der Waals surface area contributed by atoms with Crippen LogP contribution in [0.4, 0.5) is 0 Å². The van der Waals surface area contributed by atoms with E-state index in [1.165, 1.54) is 28.7 Å². The molecule has 0 aromatic heterocycles. The molecule has 1 unspecified atom stereocenters. The number of hydrogen-bond donors (Lipinski definition) is 0. The number of hydrogen-bond acceptors (Lipinski definition) is 1. The van der Waals surface area contributed by atoms with E-state index < -0.39 is 0 Å². The van der Waals surface area contributed by atoms with E-state index >= 15 is 0 Å². The van der Waals surface area contributed by atoms with Crippen molar-refractivity contribution in [1.29, 1.82) is 0 Å². The van der Waals surface area contributed by atoms with Gasteiger partial charge in [0, 0.05) is 13.3 Å². The molecular weight excluding hydrogens is 302 g/mol. The highest BCUT2D eigenvalue weighted by molar-refractivity contribution is 6.10. The van der Waals surface area contributed by atoms with E-state index in [9.17, 15) is 0 Å². The molecule has 0 amide bonds. The van der Waals surface area contributed by atoms with Crippen molar-refractivity contribution in [3.05, 3.63) is 65.3 Å². The van der Waals surface area contributed by atoms with Crippen molar-refractivity contribution in [1.82, 2.24) is 0 Å². The van der Waals surface area contributed by atoms with Gasteiger partial charge in [-0.05, 0) is 49.8 Å². The van der Waals surface area contributed by atoms with Gasteiger partial charge in [-0.25, -0.2) is 0 Å². The second kappa shape index (κ2) is 17.0. The second-order valence-corrected chi connectivity index (χ2v) is 5.42. The Morgan fingerprint density at radius 1 is 1.08 bits per heavy atom. The molecule has 25 heavy (non-hydrogen) atoms. The maximum Gasteiger partial charge on any atom is 0.0284 e. The lowest BCUT2D eigenvalue weighted by Crippen LogP contribution is -1.96. The number of rotatable bonds is 2. The summed E-state index contributed by atoms with van der Waals surface area (Å²) in [5, 5.41) is 0. The summed E-state index contributed by atoms with van der Waals surface area (Å²) >= 11 is 0. The molecule has 0 radical (unpaired) electrons. The molecule has 0 saturated heterocycles. The van der Waals surface area contributed by atoms with Gasteiger partial charge in [0.05, 0.1) is 0 Å². The van der Waals surface area contributed by atoms with Crippen LogP contribution in [0, 0.1) is 12.8 Å². The Hall–Kier alpha value is -1.89. The van der Waals surface area contributed by atoms with Crippen LogP contribution in [0.25, 0.3) is 5.57 Å². The van der Waals surface area contributed by atoms with Crippen LogP contribution in [-0.2, 0) is 0 Å². The molecule has 0 heterocycles. The fourth-order valence-corrected chi connectivity index (χ4v) is 2.19. The molecule has 1 aromatic rings. The Kier molecular flexibility index (Phi) is 17.2. The largest absolute Gasteiger partial charge is 0.296 e. The summed E-state index contributed by atoms with van der Waals surface area (Å²) in [4.78, 5) is 4.03. The van der Waals surface area contributed by atoms with Crippen LogP contribution in [-0.4, -0.2) is 13.3 Å². The topological polar surface area (TPSA) is 12.4 Å². The highest BCUT2D eigenvalue weighted by atomic mass is 14.6. The lowest BCUT2D eigenvalue weighted by Gasteiger charge is -2.11. The summed E-state index contributed by atoms with van der Waals surface area (Å²) in [5.41, 5.74) is 5.24. The maximum atomic E-state index is 4.03. The van der Waals surface area contributed by atoms with Crippen LogP contribution in [0.1, 0.15) is 66.0 Å². The lowest BCUT2D eigenvalue weighted by molar-refractivity contribution is 0.687. The summed E-state index contributed by atoms with van der Waals surface area (Å²) in [6.07, 6.45) is 11.7. The van der Waals surface area contributed by atoms with E-state index in [0.29, 0.717) is 0 Å². The fraction of sp³-hybridized carbons (Fsp3) is 0.458. The standard InChI is InChI=1S/C12H15N.C8H12.2C2H6/c1-4-11(9-13-3)12-8-6-5-7-10(12)2;1-7-5-3-4-6-8(7)2;2*1-2/h4-9H,1-3H3;3-5,8H,6H2,1-2H3;2*1-2H3/b11-4+,13-9?;;;. The van der Waals surface area contributed by atoms with Gasteiger partial charge >= 0.3 is 0 Å². The lowest BCUT2D eigenvalue weighted by atomic mass is 9.95. The molecule has 2 rings (SSSR count). The SMILES string of the molecule is C/C=C(\C=NC)c1ccccc1C.CC.CC.CC1=CC=CCC1C. The summed E-state index contributed by atoms with van der Waals surface area (Å²) < 4.78 is 0. The van der Waals surface area contributed by atoms with Crippen LogP contribution in [0.5, 0.6) is 0 Å². The van der Waals surface area contributed by atoms with E-state index in [0.717, 1.165) is 5.92 Å². The molecule has 0 saturated carbocycles. The van der Waals surface area contributed by atoms with Crippen molar-refractivity contribution in [2.24, 2.45) is 10.9 Å². The maximum absolute atomic E-state index is 4.03. The summed E-state index contributed by atoms with van der Waals surface area (Å²) in [6, 6.07) is 8.33. The van der Waals surface area contributed by atoms with E-state index in [1.54, 1.807) is 7.05 Å². The van der Waals surface area contributed by atoms with Crippen LogP contribution in [0.3, 0.4) is 0 Å². The minimum atomic E-state index is 0.778. The zero-order chi connectivity index (χ0) is 19.7. The highest BCUT2D eigenvalue weighted by Crippen LogP contribution is 2.18. The van der Waals surface area contributed by atoms with Gasteiger partial charge in [0.25, 0.3) is 0 Å². The van der Waals surface area contributed by atoms with Crippen molar-refractivity contribution in [2.75, 3.05) is 7.05 Å². The quantitative estimate of drug-likeness (QED) is 0.489. The van der Waals surface area contributed by atoms with Crippen molar-refractivity contribution in [3.8, 4) is 0 Å². The van der Waals surface area contributed by atoms with Crippen molar-refractivity contribution in [3.63, 3.8) is 0 Å². The first-order valence-corrected chi connectivity index (χ1v) is 9.58. The van der Waals surface area contributed by atoms with E-state index in [1.807, 2.05) is 40.8 Å². The predicted octanol–water partition coefficient (Wildman–Crippen LogP) is 7.68. The highest BCUT2D eigenvalue weighted by Gasteiger charge is 2.02. The third-order valence-electron chi connectivity index (χ3n) is 3.80. The average Bonchev–Trinajstić information content (AvgIpc) is 2.67. The molecule has 0 aliphatic heterocycles. The molecule has 0 spiro atoms. The van der Waals surface area contributed by atoms with Gasteiger partial charge in [-0.2, -0.15) is 0 Å². The molecule has 1 aromatic carbocycles. The minimum absolute atomic E-state index is 0.778. The van der Waals surface area contributed by atoms with Crippen LogP contribution >= 0.6 is 0 Å². The molecule has 0 N–H and O–H groups in total. The monoisotopic (exact) mass is 341 g/mol.